The average molecular weight is 365 g/mol. The van der Waals surface area contributed by atoms with Gasteiger partial charge in [0.15, 0.2) is 4.32 Å². The third-order valence-corrected chi connectivity index (χ3v) is 5.29. The molecule has 1 aliphatic rings. The molecule has 3 aromatic carbocycles. The van der Waals surface area contributed by atoms with Crippen molar-refractivity contribution in [3.63, 3.8) is 0 Å². The Hall–Kier alpha value is -2.50. The Morgan fingerprint density at radius 3 is 2.48 bits per heavy atom. The fraction of sp³-hybridized carbons (Fsp3) is 0. The van der Waals surface area contributed by atoms with Crippen LogP contribution in [-0.4, -0.2) is 10.2 Å². The Balaban J connectivity index is 1.74. The number of anilines is 1. The van der Waals surface area contributed by atoms with Crippen molar-refractivity contribution in [2.45, 2.75) is 0 Å². The fourth-order valence-electron chi connectivity index (χ4n) is 2.80. The minimum atomic E-state index is -0.347. The highest BCUT2D eigenvalue weighted by atomic mass is 32.2. The normalized spacial score (nSPS) is 16.2. The lowest BCUT2D eigenvalue weighted by Crippen LogP contribution is -2.27. The molecule has 0 N–H and O–H groups in total. The van der Waals surface area contributed by atoms with Crippen LogP contribution in [0.3, 0.4) is 0 Å². The Morgan fingerprint density at radius 2 is 1.68 bits per heavy atom. The molecule has 0 aromatic heterocycles. The number of nitrogens with zero attached hydrogens (tertiary/aromatic N) is 1. The second-order valence-corrected chi connectivity index (χ2v) is 7.24. The van der Waals surface area contributed by atoms with Crippen molar-refractivity contribution in [3.8, 4) is 0 Å². The van der Waals surface area contributed by atoms with Crippen molar-refractivity contribution in [2.75, 3.05) is 4.90 Å². The van der Waals surface area contributed by atoms with Crippen LogP contribution in [0.4, 0.5) is 10.1 Å². The fourth-order valence-corrected chi connectivity index (χ4v) is 4.09. The van der Waals surface area contributed by atoms with E-state index in [1.807, 2.05) is 48.5 Å². The lowest BCUT2D eigenvalue weighted by molar-refractivity contribution is -0.113. The summed E-state index contributed by atoms with van der Waals surface area (Å²) in [6, 6.07) is 19.8. The average Bonchev–Trinajstić information content (AvgIpc) is 2.90. The summed E-state index contributed by atoms with van der Waals surface area (Å²) in [6.45, 7) is 0. The van der Waals surface area contributed by atoms with Gasteiger partial charge in [0.2, 0.25) is 0 Å². The lowest BCUT2D eigenvalue weighted by atomic mass is 10.0. The van der Waals surface area contributed by atoms with Crippen molar-refractivity contribution in [3.05, 3.63) is 83.0 Å². The van der Waals surface area contributed by atoms with Gasteiger partial charge in [0.1, 0.15) is 5.82 Å². The van der Waals surface area contributed by atoms with E-state index in [-0.39, 0.29) is 11.7 Å². The van der Waals surface area contributed by atoms with Crippen LogP contribution in [0, 0.1) is 5.82 Å². The lowest BCUT2D eigenvalue weighted by Gasteiger charge is -2.14. The van der Waals surface area contributed by atoms with E-state index in [4.69, 9.17) is 12.2 Å². The number of hydrogen-bond donors (Lipinski definition) is 0. The van der Waals surface area contributed by atoms with E-state index in [2.05, 4.69) is 0 Å². The Labute approximate surface area is 154 Å². The highest BCUT2D eigenvalue weighted by Gasteiger charge is 2.33. The summed E-state index contributed by atoms with van der Waals surface area (Å²) in [7, 11) is 0. The first-order chi connectivity index (χ1) is 12.1. The van der Waals surface area contributed by atoms with Gasteiger partial charge < -0.3 is 0 Å². The number of thioether (sulfide) groups is 1. The summed E-state index contributed by atoms with van der Waals surface area (Å²) >= 11 is 6.61. The molecule has 0 saturated carbocycles. The predicted octanol–water partition coefficient (Wildman–Crippen LogP) is 5.38. The zero-order chi connectivity index (χ0) is 17.4. The molecule has 1 fully saturated rings. The van der Waals surface area contributed by atoms with Gasteiger partial charge in [0, 0.05) is 0 Å². The zero-order valence-corrected chi connectivity index (χ0v) is 14.6. The van der Waals surface area contributed by atoms with Gasteiger partial charge in [-0.15, -0.1) is 0 Å². The summed E-state index contributed by atoms with van der Waals surface area (Å²) in [4.78, 5) is 14.8. The van der Waals surface area contributed by atoms with Crippen LogP contribution in [-0.2, 0) is 4.79 Å². The first-order valence-corrected chi connectivity index (χ1v) is 8.87. The number of carbonyl (C=O) groups is 1. The van der Waals surface area contributed by atoms with Gasteiger partial charge in [-0.2, -0.15) is 0 Å². The second-order valence-electron chi connectivity index (χ2n) is 5.56. The third-order valence-electron chi connectivity index (χ3n) is 3.99. The van der Waals surface area contributed by atoms with Gasteiger partial charge in [0.05, 0.1) is 10.6 Å². The maximum atomic E-state index is 13.1. The molecule has 122 valence electrons. The van der Waals surface area contributed by atoms with Gasteiger partial charge in [-0.1, -0.05) is 66.4 Å². The molecule has 1 amide bonds. The number of amides is 1. The quantitative estimate of drug-likeness (QED) is 0.449. The van der Waals surface area contributed by atoms with Crippen molar-refractivity contribution >= 4 is 56.7 Å². The number of rotatable bonds is 2. The van der Waals surface area contributed by atoms with Gasteiger partial charge in [-0.3, -0.25) is 9.69 Å². The maximum Gasteiger partial charge on any atom is 0.270 e. The molecule has 4 rings (SSSR count). The molecule has 1 aliphatic heterocycles. The predicted molar refractivity (Wildman–Crippen MR) is 106 cm³/mol. The second kappa shape index (κ2) is 6.43. The highest BCUT2D eigenvalue weighted by Crippen LogP contribution is 2.36. The van der Waals surface area contributed by atoms with Crippen molar-refractivity contribution in [1.29, 1.82) is 0 Å². The van der Waals surface area contributed by atoms with Gasteiger partial charge in [-0.05, 0) is 46.7 Å². The first-order valence-electron chi connectivity index (χ1n) is 7.65. The molecule has 0 radical (unpaired) electrons. The van der Waals surface area contributed by atoms with E-state index >= 15 is 0 Å². The van der Waals surface area contributed by atoms with Crippen molar-refractivity contribution < 1.29 is 9.18 Å². The molecule has 0 unspecified atom stereocenters. The van der Waals surface area contributed by atoms with Crippen LogP contribution in [0.15, 0.2) is 71.6 Å². The van der Waals surface area contributed by atoms with Crippen LogP contribution in [0.5, 0.6) is 0 Å². The number of benzene rings is 3. The largest absolute Gasteiger partial charge is 0.270 e. The molecule has 0 aliphatic carbocycles. The number of hydrogen-bond acceptors (Lipinski definition) is 3. The number of thiocarbonyl (C=S) groups is 1. The van der Waals surface area contributed by atoms with Crippen LogP contribution < -0.4 is 4.90 Å². The van der Waals surface area contributed by atoms with E-state index in [1.165, 1.54) is 28.8 Å². The first kappa shape index (κ1) is 16.0. The molecule has 2 nitrogen and oxygen atoms in total. The molecule has 1 saturated heterocycles. The maximum absolute atomic E-state index is 13.1. The Kier molecular flexibility index (Phi) is 4.11. The third kappa shape index (κ3) is 2.97. The number of halogens is 1. The Bertz CT molecular complexity index is 1020. The monoisotopic (exact) mass is 365 g/mol. The SMILES string of the molecule is O=C1C(=Cc2cccc3ccccc23)SC(=S)N1c1ccc(F)cc1. The minimum absolute atomic E-state index is 0.186. The molecule has 1 heterocycles. The topological polar surface area (TPSA) is 20.3 Å². The smallest absolute Gasteiger partial charge is 0.268 e. The van der Waals surface area contributed by atoms with E-state index in [1.54, 1.807) is 12.1 Å². The molecule has 5 heteroatoms. The molecule has 0 bridgehead atoms. The summed E-state index contributed by atoms with van der Waals surface area (Å²) < 4.78 is 13.6. The summed E-state index contributed by atoms with van der Waals surface area (Å²) in [5.41, 5.74) is 1.54. The number of carbonyl (C=O) groups excluding carboxylic acids is 1. The number of fused-ring (bicyclic) bond motifs is 1. The van der Waals surface area contributed by atoms with E-state index in [9.17, 15) is 9.18 Å². The minimum Gasteiger partial charge on any atom is -0.268 e. The molecular weight excluding hydrogens is 353 g/mol. The highest BCUT2D eigenvalue weighted by molar-refractivity contribution is 8.27. The molecule has 3 aromatic rings. The molecular formula is C20H12FNOS2. The van der Waals surface area contributed by atoms with Gasteiger partial charge in [0.25, 0.3) is 5.91 Å². The van der Waals surface area contributed by atoms with Crippen LogP contribution in [0.1, 0.15) is 5.56 Å². The summed E-state index contributed by atoms with van der Waals surface area (Å²) in [5.74, 6) is -0.532. The van der Waals surface area contributed by atoms with Gasteiger partial charge >= 0.3 is 0 Å². The van der Waals surface area contributed by atoms with Crippen LogP contribution >= 0.6 is 24.0 Å². The zero-order valence-electron chi connectivity index (χ0n) is 13.0. The summed E-state index contributed by atoms with van der Waals surface area (Å²) in [6.07, 6.45) is 1.87. The summed E-state index contributed by atoms with van der Waals surface area (Å²) in [5, 5.41) is 2.20. The van der Waals surface area contributed by atoms with Crippen LogP contribution in [0.2, 0.25) is 0 Å². The van der Waals surface area contributed by atoms with Crippen LogP contribution in [0.25, 0.3) is 16.8 Å². The van der Waals surface area contributed by atoms with E-state index in [0.717, 1.165) is 16.3 Å². The van der Waals surface area contributed by atoms with E-state index < -0.39 is 0 Å². The molecule has 0 spiro atoms. The van der Waals surface area contributed by atoms with E-state index in [0.29, 0.717) is 14.9 Å². The Morgan fingerprint density at radius 1 is 0.960 bits per heavy atom. The standard InChI is InChI=1S/C20H12FNOS2/c21-15-8-10-16(11-9-15)22-19(23)18(25-20(22)24)12-14-6-3-5-13-4-1-2-7-17(13)14/h1-12H. The van der Waals surface area contributed by atoms with Gasteiger partial charge in [-0.25, -0.2) is 4.39 Å². The van der Waals surface area contributed by atoms with Crippen molar-refractivity contribution in [1.82, 2.24) is 0 Å². The van der Waals surface area contributed by atoms with Crippen molar-refractivity contribution in [2.24, 2.45) is 0 Å². The molecule has 0 atom stereocenters. The molecule has 25 heavy (non-hydrogen) atoms.